The van der Waals surface area contributed by atoms with Gasteiger partial charge in [0.2, 0.25) is 5.91 Å². The minimum atomic E-state index is 0.277. The second-order valence-electron chi connectivity index (χ2n) is 5.83. The molecule has 1 fully saturated rings. The maximum Gasteiger partial charge on any atom is 0.222 e. The van der Waals surface area contributed by atoms with Crippen molar-refractivity contribution in [2.45, 2.75) is 65.2 Å². The lowest BCUT2D eigenvalue weighted by molar-refractivity contribution is -0.125. The molecule has 0 saturated carbocycles. The van der Waals surface area contributed by atoms with Gasteiger partial charge < -0.3 is 4.90 Å². The second-order valence-corrected chi connectivity index (χ2v) is 5.83. The van der Waals surface area contributed by atoms with E-state index in [9.17, 15) is 4.79 Å². The number of carbonyl (C=O) groups excluding carboxylic acids is 1. The number of nitrogens with zero attached hydrogens (tertiary/aromatic N) is 1. The standard InChI is InChI=1S/C18H27NO/c1-17(2)13-11-9-7-5-3-4-6-8-10-12-14-18(20)19-15-16-19/h17H,5,7,9-16H2,1-2H3. The van der Waals surface area contributed by atoms with Crippen molar-refractivity contribution in [3.8, 4) is 23.7 Å². The Bertz CT molecular complexity index is 399. The van der Waals surface area contributed by atoms with E-state index in [2.05, 4.69) is 37.5 Å². The van der Waals surface area contributed by atoms with Gasteiger partial charge in [-0.15, -0.1) is 0 Å². The summed E-state index contributed by atoms with van der Waals surface area (Å²) in [6, 6.07) is 0. The molecular weight excluding hydrogens is 246 g/mol. The highest BCUT2D eigenvalue weighted by molar-refractivity contribution is 5.78. The monoisotopic (exact) mass is 273 g/mol. The molecule has 2 heteroatoms. The average Bonchev–Trinajstić information content (AvgIpc) is 3.23. The van der Waals surface area contributed by atoms with Crippen LogP contribution in [0.4, 0.5) is 0 Å². The van der Waals surface area contributed by atoms with Crippen LogP contribution in [-0.2, 0) is 4.79 Å². The number of carbonyl (C=O) groups is 1. The Morgan fingerprint density at radius 3 is 2.25 bits per heavy atom. The molecule has 20 heavy (non-hydrogen) atoms. The summed E-state index contributed by atoms with van der Waals surface area (Å²) in [6.07, 6.45) is 8.34. The van der Waals surface area contributed by atoms with Gasteiger partial charge in [-0.05, 0) is 30.6 Å². The highest BCUT2D eigenvalue weighted by Crippen LogP contribution is 2.09. The third-order valence-electron chi connectivity index (χ3n) is 3.31. The van der Waals surface area contributed by atoms with E-state index in [0.29, 0.717) is 6.42 Å². The van der Waals surface area contributed by atoms with Crippen molar-refractivity contribution in [3.63, 3.8) is 0 Å². The first-order valence-corrected chi connectivity index (χ1v) is 7.93. The van der Waals surface area contributed by atoms with Crippen LogP contribution in [0.2, 0.25) is 0 Å². The van der Waals surface area contributed by atoms with E-state index < -0.39 is 0 Å². The summed E-state index contributed by atoms with van der Waals surface area (Å²) < 4.78 is 0. The maximum atomic E-state index is 11.4. The predicted molar refractivity (Wildman–Crippen MR) is 83.9 cm³/mol. The van der Waals surface area contributed by atoms with Crippen LogP contribution in [0.3, 0.4) is 0 Å². The van der Waals surface area contributed by atoms with Crippen molar-refractivity contribution < 1.29 is 4.79 Å². The van der Waals surface area contributed by atoms with Gasteiger partial charge in [0, 0.05) is 32.4 Å². The third-order valence-corrected chi connectivity index (χ3v) is 3.31. The quantitative estimate of drug-likeness (QED) is 0.376. The van der Waals surface area contributed by atoms with Crippen molar-refractivity contribution in [1.29, 1.82) is 0 Å². The molecule has 1 saturated heterocycles. The summed E-state index contributed by atoms with van der Waals surface area (Å²) in [5.41, 5.74) is 0. The zero-order valence-electron chi connectivity index (χ0n) is 13.0. The van der Waals surface area contributed by atoms with E-state index in [-0.39, 0.29) is 5.91 Å². The number of amides is 1. The maximum absolute atomic E-state index is 11.4. The Morgan fingerprint density at radius 2 is 1.65 bits per heavy atom. The first-order valence-electron chi connectivity index (χ1n) is 7.93. The molecule has 1 aliphatic rings. The highest BCUT2D eigenvalue weighted by atomic mass is 16.2. The minimum absolute atomic E-state index is 0.277. The fraction of sp³-hybridized carbons (Fsp3) is 0.722. The third kappa shape index (κ3) is 9.51. The molecule has 0 radical (unpaired) electrons. The van der Waals surface area contributed by atoms with Gasteiger partial charge in [0.25, 0.3) is 0 Å². The molecule has 1 amide bonds. The summed E-state index contributed by atoms with van der Waals surface area (Å²) in [5, 5.41) is 0. The summed E-state index contributed by atoms with van der Waals surface area (Å²) >= 11 is 0. The number of rotatable bonds is 8. The molecule has 1 aliphatic heterocycles. The van der Waals surface area contributed by atoms with E-state index in [1.807, 2.05) is 4.90 Å². The molecular formula is C18H27NO. The molecule has 1 rings (SSSR count). The molecule has 110 valence electrons. The fourth-order valence-electron chi connectivity index (χ4n) is 1.94. The van der Waals surface area contributed by atoms with E-state index in [0.717, 1.165) is 38.3 Å². The van der Waals surface area contributed by atoms with Crippen LogP contribution < -0.4 is 0 Å². The van der Waals surface area contributed by atoms with Gasteiger partial charge in [0.05, 0.1) is 0 Å². The molecule has 0 aromatic heterocycles. The largest absolute Gasteiger partial charge is 0.339 e. The van der Waals surface area contributed by atoms with Crippen LogP contribution in [0.25, 0.3) is 0 Å². The smallest absolute Gasteiger partial charge is 0.222 e. The van der Waals surface area contributed by atoms with Crippen molar-refractivity contribution >= 4 is 5.91 Å². The summed E-state index contributed by atoms with van der Waals surface area (Å²) in [7, 11) is 0. The van der Waals surface area contributed by atoms with E-state index in [1.54, 1.807) is 0 Å². The van der Waals surface area contributed by atoms with Crippen LogP contribution in [0.1, 0.15) is 65.2 Å². The lowest BCUT2D eigenvalue weighted by Gasteiger charge is -2.01. The summed E-state index contributed by atoms with van der Waals surface area (Å²) in [4.78, 5) is 13.2. The Labute approximate surface area is 124 Å². The lowest BCUT2D eigenvalue weighted by atomic mass is 10.0. The van der Waals surface area contributed by atoms with Crippen LogP contribution >= 0.6 is 0 Å². The van der Waals surface area contributed by atoms with Crippen LogP contribution in [0, 0.1) is 29.6 Å². The van der Waals surface area contributed by atoms with E-state index in [4.69, 9.17) is 0 Å². The van der Waals surface area contributed by atoms with E-state index in [1.165, 1.54) is 25.7 Å². The fourth-order valence-corrected chi connectivity index (χ4v) is 1.94. The number of unbranched alkanes of at least 4 members (excludes halogenated alkanes) is 4. The van der Waals surface area contributed by atoms with Gasteiger partial charge in [-0.25, -0.2) is 0 Å². The molecule has 0 aromatic rings. The Hall–Kier alpha value is -1.41. The molecule has 0 bridgehead atoms. The van der Waals surface area contributed by atoms with Crippen LogP contribution in [0.15, 0.2) is 0 Å². The van der Waals surface area contributed by atoms with Gasteiger partial charge in [0.15, 0.2) is 0 Å². The van der Waals surface area contributed by atoms with Gasteiger partial charge in [-0.3, -0.25) is 4.79 Å². The van der Waals surface area contributed by atoms with Crippen molar-refractivity contribution in [2.75, 3.05) is 13.1 Å². The molecule has 2 nitrogen and oxygen atoms in total. The first-order chi connectivity index (χ1) is 9.70. The van der Waals surface area contributed by atoms with Gasteiger partial charge in [-0.2, -0.15) is 0 Å². The van der Waals surface area contributed by atoms with Crippen molar-refractivity contribution in [3.05, 3.63) is 0 Å². The SMILES string of the molecule is CC(C)CCCCCC#CC#CCCCC(=O)N1CC1. The van der Waals surface area contributed by atoms with Crippen LogP contribution in [-0.4, -0.2) is 23.9 Å². The second kappa shape index (κ2) is 10.4. The lowest BCUT2D eigenvalue weighted by Crippen LogP contribution is -2.08. The van der Waals surface area contributed by atoms with Gasteiger partial charge in [0.1, 0.15) is 0 Å². The van der Waals surface area contributed by atoms with Gasteiger partial charge >= 0.3 is 0 Å². The summed E-state index contributed by atoms with van der Waals surface area (Å²) in [5.74, 6) is 13.0. The Morgan fingerprint density at radius 1 is 1.00 bits per heavy atom. The molecule has 0 spiro atoms. The Balaban J connectivity index is 1.91. The van der Waals surface area contributed by atoms with Crippen LogP contribution in [0.5, 0.6) is 0 Å². The van der Waals surface area contributed by atoms with E-state index >= 15 is 0 Å². The zero-order chi connectivity index (χ0) is 14.6. The number of hydrogen-bond acceptors (Lipinski definition) is 1. The first kappa shape index (κ1) is 16.6. The van der Waals surface area contributed by atoms with Gasteiger partial charge in [-0.1, -0.05) is 45.0 Å². The molecule has 0 aliphatic carbocycles. The summed E-state index contributed by atoms with van der Waals surface area (Å²) in [6.45, 7) is 6.44. The van der Waals surface area contributed by atoms with Crippen molar-refractivity contribution in [2.24, 2.45) is 5.92 Å². The predicted octanol–water partition coefficient (Wildman–Crippen LogP) is 3.61. The molecule has 0 atom stereocenters. The topological polar surface area (TPSA) is 20.1 Å². The molecule has 0 N–H and O–H groups in total. The normalized spacial score (nSPS) is 12.4. The minimum Gasteiger partial charge on any atom is -0.339 e. The zero-order valence-corrected chi connectivity index (χ0v) is 13.0. The molecule has 0 unspecified atom stereocenters. The number of hydrogen-bond donors (Lipinski definition) is 0. The highest BCUT2D eigenvalue weighted by Gasteiger charge is 2.22. The molecule has 0 aromatic carbocycles. The average molecular weight is 273 g/mol. The van der Waals surface area contributed by atoms with Crippen molar-refractivity contribution in [1.82, 2.24) is 4.90 Å². The molecule has 1 heterocycles. The Kier molecular flexibility index (Phi) is 8.64.